The first-order valence-electron chi connectivity index (χ1n) is 7.97. The minimum Gasteiger partial charge on any atom is -0.504 e. The van der Waals surface area contributed by atoms with Gasteiger partial charge in [0, 0.05) is 12.0 Å². The number of rotatable bonds is 4. The Morgan fingerprint density at radius 3 is 2.86 bits per heavy atom. The first-order chi connectivity index (χ1) is 10.3. The first kappa shape index (κ1) is 14.2. The maximum Gasteiger partial charge on any atom is 0.167 e. The zero-order valence-electron chi connectivity index (χ0n) is 12.5. The van der Waals surface area contributed by atoms with Crippen molar-refractivity contribution in [2.24, 2.45) is 11.1 Å². The summed E-state index contributed by atoms with van der Waals surface area (Å²) in [6.07, 6.45) is 7.37. The molecule has 0 radical (unpaired) electrons. The van der Waals surface area contributed by atoms with E-state index in [2.05, 4.69) is 5.16 Å². The van der Waals surface area contributed by atoms with Crippen LogP contribution in [0.2, 0.25) is 0 Å². The van der Waals surface area contributed by atoms with Crippen molar-refractivity contribution in [2.45, 2.75) is 51.6 Å². The third-order valence-corrected chi connectivity index (χ3v) is 4.48. The molecule has 1 unspecified atom stereocenters. The van der Waals surface area contributed by atoms with Crippen molar-refractivity contribution < 1.29 is 14.7 Å². The van der Waals surface area contributed by atoms with Gasteiger partial charge in [-0.25, -0.2) is 0 Å². The summed E-state index contributed by atoms with van der Waals surface area (Å²) in [5, 5.41) is 14.5. The fourth-order valence-corrected chi connectivity index (χ4v) is 3.34. The maximum atomic E-state index is 10.3. The van der Waals surface area contributed by atoms with Crippen LogP contribution in [0.3, 0.4) is 0 Å². The van der Waals surface area contributed by atoms with Gasteiger partial charge in [-0.2, -0.15) is 0 Å². The number of phenolic OH excluding ortho intramolecular Hbond substituents is 1. The maximum absolute atomic E-state index is 10.3. The standard InChI is InChI=1S/C17H23NO3/c1-2-20-15-10-6-9-13(17(15)19)14-11-16(21-18-14)12-7-4-3-5-8-12/h6,9-10,12,16,19H,2-5,7-8,11H2,1H3. The highest BCUT2D eigenvalue weighted by Crippen LogP contribution is 2.36. The summed E-state index contributed by atoms with van der Waals surface area (Å²) in [5.41, 5.74) is 1.57. The van der Waals surface area contributed by atoms with Crippen LogP contribution < -0.4 is 4.74 Å². The Bertz CT molecular complexity index is 521. The molecule has 1 atom stereocenters. The smallest absolute Gasteiger partial charge is 0.167 e. The molecule has 4 nitrogen and oxygen atoms in total. The lowest BCUT2D eigenvalue weighted by Gasteiger charge is -2.25. The lowest BCUT2D eigenvalue weighted by Crippen LogP contribution is -2.23. The molecule has 1 aromatic carbocycles. The summed E-state index contributed by atoms with van der Waals surface area (Å²) in [7, 11) is 0. The van der Waals surface area contributed by atoms with Crippen LogP contribution in [0.4, 0.5) is 0 Å². The Hall–Kier alpha value is -1.71. The van der Waals surface area contributed by atoms with Crippen molar-refractivity contribution in [3.63, 3.8) is 0 Å². The Morgan fingerprint density at radius 1 is 1.29 bits per heavy atom. The number of benzene rings is 1. The van der Waals surface area contributed by atoms with Gasteiger partial charge in [0.25, 0.3) is 0 Å². The fourth-order valence-electron chi connectivity index (χ4n) is 3.34. The Kier molecular flexibility index (Phi) is 4.32. The van der Waals surface area contributed by atoms with Crippen molar-refractivity contribution in [3.8, 4) is 11.5 Å². The number of nitrogens with zero attached hydrogens (tertiary/aromatic N) is 1. The van der Waals surface area contributed by atoms with Crippen LogP contribution in [0.25, 0.3) is 0 Å². The lowest BCUT2D eigenvalue weighted by molar-refractivity contribution is 0.0268. The van der Waals surface area contributed by atoms with Gasteiger partial charge in [-0.05, 0) is 37.8 Å². The number of phenols is 1. The molecule has 21 heavy (non-hydrogen) atoms. The van der Waals surface area contributed by atoms with E-state index in [1.807, 2.05) is 19.1 Å². The molecular weight excluding hydrogens is 266 g/mol. The fraction of sp³-hybridized carbons (Fsp3) is 0.588. The van der Waals surface area contributed by atoms with Gasteiger partial charge >= 0.3 is 0 Å². The largest absolute Gasteiger partial charge is 0.504 e. The van der Waals surface area contributed by atoms with E-state index in [-0.39, 0.29) is 11.9 Å². The summed E-state index contributed by atoms with van der Waals surface area (Å²) in [4.78, 5) is 5.65. The van der Waals surface area contributed by atoms with E-state index < -0.39 is 0 Å². The van der Waals surface area contributed by atoms with Crippen molar-refractivity contribution in [1.82, 2.24) is 0 Å². The normalized spacial score (nSPS) is 22.7. The molecule has 4 heteroatoms. The van der Waals surface area contributed by atoms with Gasteiger partial charge in [-0.1, -0.05) is 30.5 Å². The Morgan fingerprint density at radius 2 is 2.10 bits per heavy atom. The van der Waals surface area contributed by atoms with Crippen molar-refractivity contribution >= 4 is 5.71 Å². The molecule has 0 bridgehead atoms. The molecule has 1 saturated carbocycles. The first-order valence-corrected chi connectivity index (χ1v) is 7.97. The molecule has 0 aromatic heterocycles. The molecule has 1 aromatic rings. The van der Waals surface area contributed by atoms with E-state index in [0.717, 1.165) is 17.7 Å². The zero-order valence-corrected chi connectivity index (χ0v) is 12.5. The predicted molar refractivity (Wildman–Crippen MR) is 81.9 cm³/mol. The summed E-state index contributed by atoms with van der Waals surface area (Å²) in [5.74, 6) is 1.29. The van der Waals surface area contributed by atoms with Gasteiger partial charge in [0.05, 0.1) is 12.3 Å². The summed E-state index contributed by atoms with van der Waals surface area (Å²) >= 11 is 0. The van der Waals surface area contributed by atoms with E-state index >= 15 is 0 Å². The zero-order chi connectivity index (χ0) is 14.7. The van der Waals surface area contributed by atoms with Gasteiger partial charge in [0.2, 0.25) is 0 Å². The van der Waals surface area contributed by atoms with Gasteiger partial charge in [0.15, 0.2) is 11.5 Å². The average Bonchev–Trinajstić information content (AvgIpc) is 3.00. The monoisotopic (exact) mass is 289 g/mol. The van der Waals surface area contributed by atoms with Crippen LogP contribution in [0.5, 0.6) is 11.5 Å². The van der Waals surface area contributed by atoms with Gasteiger partial charge in [0.1, 0.15) is 6.10 Å². The van der Waals surface area contributed by atoms with Crippen molar-refractivity contribution in [1.29, 1.82) is 0 Å². The highest BCUT2D eigenvalue weighted by molar-refractivity contribution is 6.04. The molecule has 0 amide bonds. The number of hydrogen-bond acceptors (Lipinski definition) is 4. The molecule has 3 rings (SSSR count). The minimum absolute atomic E-state index is 0.172. The van der Waals surface area contributed by atoms with E-state index in [1.165, 1.54) is 32.1 Å². The molecule has 1 aliphatic heterocycles. The number of oxime groups is 1. The quantitative estimate of drug-likeness (QED) is 0.915. The Labute approximate surface area is 125 Å². The predicted octanol–water partition coefficient (Wildman–Crippen LogP) is 3.86. The van der Waals surface area contributed by atoms with Crippen LogP contribution >= 0.6 is 0 Å². The number of ether oxygens (including phenoxy) is 1. The minimum atomic E-state index is 0.172. The van der Waals surface area contributed by atoms with Gasteiger partial charge in [-0.3, -0.25) is 0 Å². The molecule has 0 spiro atoms. The van der Waals surface area contributed by atoms with E-state index in [9.17, 15) is 5.11 Å². The van der Waals surface area contributed by atoms with E-state index in [0.29, 0.717) is 18.3 Å². The Balaban J connectivity index is 1.72. The second kappa shape index (κ2) is 6.37. The van der Waals surface area contributed by atoms with Crippen LogP contribution in [0.15, 0.2) is 23.4 Å². The second-order valence-electron chi connectivity index (χ2n) is 5.87. The van der Waals surface area contributed by atoms with Crippen LogP contribution in [0.1, 0.15) is 51.0 Å². The van der Waals surface area contributed by atoms with Crippen molar-refractivity contribution in [3.05, 3.63) is 23.8 Å². The third kappa shape index (κ3) is 2.99. The van der Waals surface area contributed by atoms with E-state index in [4.69, 9.17) is 9.57 Å². The molecule has 114 valence electrons. The molecular formula is C17H23NO3. The van der Waals surface area contributed by atoms with Crippen LogP contribution in [0, 0.1) is 5.92 Å². The third-order valence-electron chi connectivity index (χ3n) is 4.48. The molecule has 0 saturated heterocycles. The SMILES string of the molecule is CCOc1cccc(C2=NOC(C3CCCCC3)C2)c1O. The lowest BCUT2D eigenvalue weighted by atomic mass is 9.83. The second-order valence-corrected chi connectivity index (χ2v) is 5.87. The highest BCUT2D eigenvalue weighted by Gasteiger charge is 2.32. The molecule has 1 heterocycles. The summed E-state index contributed by atoms with van der Waals surface area (Å²) in [6.45, 7) is 2.44. The highest BCUT2D eigenvalue weighted by atomic mass is 16.6. The number of para-hydroxylation sites is 1. The number of hydrogen-bond donors (Lipinski definition) is 1. The molecule has 2 aliphatic rings. The van der Waals surface area contributed by atoms with Gasteiger partial charge < -0.3 is 14.7 Å². The topological polar surface area (TPSA) is 51.0 Å². The average molecular weight is 289 g/mol. The molecule has 1 fully saturated rings. The summed E-state index contributed by atoms with van der Waals surface area (Å²) < 4.78 is 5.43. The van der Waals surface area contributed by atoms with Crippen molar-refractivity contribution in [2.75, 3.05) is 6.61 Å². The van der Waals surface area contributed by atoms with Crippen LogP contribution in [-0.4, -0.2) is 23.5 Å². The van der Waals surface area contributed by atoms with Crippen LogP contribution in [-0.2, 0) is 4.84 Å². The number of aromatic hydroxyl groups is 1. The molecule has 1 aliphatic carbocycles. The molecule has 1 N–H and O–H groups in total. The van der Waals surface area contributed by atoms with E-state index in [1.54, 1.807) is 6.07 Å². The van der Waals surface area contributed by atoms with Gasteiger partial charge in [-0.15, -0.1) is 0 Å². The summed E-state index contributed by atoms with van der Waals surface area (Å²) in [6, 6.07) is 5.54.